The first kappa shape index (κ1) is 17.3. The minimum absolute atomic E-state index is 0.356. The van der Waals surface area contributed by atoms with Gasteiger partial charge in [-0.15, -0.1) is 5.10 Å². The third-order valence-corrected chi connectivity index (χ3v) is 3.96. The average Bonchev–Trinajstić information content (AvgIpc) is 2.59. The molecule has 3 rings (SSSR count). The fourth-order valence-corrected chi connectivity index (χ4v) is 2.59. The molecular formula is C17H15Cl2N5O. The molecule has 6 nitrogen and oxygen atoms in total. The molecule has 1 heterocycles. The molecule has 0 saturated heterocycles. The van der Waals surface area contributed by atoms with E-state index in [-0.39, 0.29) is 0 Å². The molecule has 0 radical (unpaired) electrons. The zero-order valence-corrected chi connectivity index (χ0v) is 15.1. The highest BCUT2D eigenvalue weighted by Crippen LogP contribution is 2.28. The van der Waals surface area contributed by atoms with E-state index in [4.69, 9.17) is 27.9 Å². The van der Waals surface area contributed by atoms with Crippen LogP contribution in [0.25, 0.3) is 0 Å². The molecule has 25 heavy (non-hydrogen) atoms. The summed E-state index contributed by atoms with van der Waals surface area (Å²) < 4.78 is 5.14. The summed E-state index contributed by atoms with van der Waals surface area (Å²) in [7, 11) is 1.57. The van der Waals surface area contributed by atoms with Crippen LogP contribution < -0.4 is 15.4 Å². The summed E-state index contributed by atoms with van der Waals surface area (Å²) in [4.78, 5) is 4.39. The number of nitrogens with one attached hydrogen (secondary N) is 2. The highest BCUT2D eigenvalue weighted by Gasteiger charge is 2.06. The number of benzene rings is 2. The smallest absolute Gasteiger partial charge is 0.249 e. The third-order valence-electron chi connectivity index (χ3n) is 3.43. The Morgan fingerprint density at radius 3 is 2.64 bits per heavy atom. The number of anilines is 4. The summed E-state index contributed by atoms with van der Waals surface area (Å²) >= 11 is 12.2. The van der Waals surface area contributed by atoms with Gasteiger partial charge in [0.1, 0.15) is 5.75 Å². The monoisotopic (exact) mass is 375 g/mol. The van der Waals surface area contributed by atoms with Crippen molar-refractivity contribution in [2.75, 3.05) is 17.7 Å². The van der Waals surface area contributed by atoms with Crippen molar-refractivity contribution in [1.29, 1.82) is 0 Å². The first-order chi connectivity index (χ1) is 12.0. The van der Waals surface area contributed by atoms with Crippen LogP contribution in [0.1, 0.15) is 5.56 Å². The molecule has 3 aromatic rings. The standard InChI is InChI=1S/C17H15Cl2N5O/c1-10-3-4-11(18)7-14(10)22-17-23-16(9-20-24-17)21-12-5-6-15(25-2)13(19)8-12/h3-9H,1-2H3,(H2,21,22,23,24). The zero-order valence-electron chi connectivity index (χ0n) is 13.5. The predicted octanol–water partition coefficient (Wildman–Crippen LogP) is 4.98. The molecule has 0 saturated carbocycles. The molecule has 2 aromatic carbocycles. The van der Waals surface area contributed by atoms with Crippen molar-refractivity contribution in [3.63, 3.8) is 0 Å². The molecule has 2 N–H and O–H groups in total. The lowest BCUT2D eigenvalue weighted by atomic mass is 10.2. The van der Waals surface area contributed by atoms with Gasteiger partial charge in [0.15, 0.2) is 5.82 Å². The number of rotatable bonds is 5. The Morgan fingerprint density at radius 2 is 1.88 bits per heavy atom. The molecule has 0 aliphatic heterocycles. The number of methoxy groups -OCH3 is 1. The van der Waals surface area contributed by atoms with Crippen LogP contribution in [-0.4, -0.2) is 22.3 Å². The van der Waals surface area contributed by atoms with Gasteiger partial charge in [0.05, 0.1) is 18.3 Å². The molecule has 0 aliphatic rings. The number of ether oxygens (including phenoxy) is 1. The first-order valence-corrected chi connectivity index (χ1v) is 8.14. The van der Waals surface area contributed by atoms with Gasteiger partial charge < -0.3 is 15.4 Å². The van der Waals surface area contributed by atoms with Crippen molar-refractivity contribution < 1.29 is 4.74 Å². The molecule has 0 atom stereocenters. The van der Waals surface area contributed by atoms with E-state index in [9.17, 15) is 0 Å². The van der Waals surface area contributed by atoms with Crippen molar-refractivity contribution in [2.45, 2.75) is 6.92 Å². The highest BCUT2D eigenvalue weighted by molar-refractivity contribution is 6.32. The van der Waals surface area contributed by atoms with E-state index < -0.39 is 0 Å². The van der Waals surface area contributed by atoms with Crippen molar-refractivity contribution in [2.24, 2.45) is 0 Å². The molecule has 128 valence electrons. The highest BCUT2D eigenvalue weighted by atomic mass is 35.5. The zero-order chi connectivity index (χ0) is 17.8. The van der Waals surface area contributed by atoms with Crippen LogP contribution in [-0.2, 0) is 0 Å². The number of hydrogen-bond acceptors (Lipinski definition) is 6. The number of hydrogen-bond donors (Lipinski definition) is 2. The van der Waals surface area contributed by atoms with Gasteiger partial charge >= 0.3 is 0 Å². The quantitative estimate of drug-likeness (QED) is 0.654. The third kappa shape index (κ3) is 4.29. The second-order valence-electron chi connectivity index (χ2n) is 5.22. The van der Waals surface area contributed by atoms with Crippen LogP contribution in [0.5, 0.6) is 5.75 Å². The summed E-state index contributed by atoms with van der Waals surface area (Å²) in [5.41, 5.74) is 2.60. The maximum absolute atomic E-state index is 6.13. The topological polar surface area (TPSA) is 72.0 Å². The van der Waals surface area contributed by atoms with Crippen molar-refractivity contribution in [3.05, 3.63) is 58.2 Å². The molecule has 0 amide bonds. The van der Waals surface area contributed by atoms with E-state index in [1.807, 2.05) is 31.2 Å². The molecule has 0 spiro atoms. The lowest BCUT2D eigenvalue weighted by molar-refractivity contribution is 0.415. The van der Waals surface area contributed by atoms with E-state index in [1.165, 1.54) is 6.20 Å². The van der Waals surface area contributed by atoms with E-state index in [0.717, 1.165) is 16.9 Å². The Balaban J connectivity index is 1.79. The van der Waals surface area contributed by atoms with Gasteiger partial charge in [0.2, 0.25) is 5.95 Å². The van der Waals surface area contributed by atoms with Crippen LogP contribution in [0, 0.1) is 6.92 Å². The number of aromatic nitrogens is 3. The van der Waals surface area contributed by atoms with Crippen molar-refractivity contribution >= 4 is 46.3 Å². The average molecular weight is 376 g/mol. The van der Waals surface area contributed by atoms with Gasteiger partial charge in [-0.1, -0.05) is 29.3 Å². The van der Waals surface area contributed by atoms with Gasteiger partial charge in [-0.25, -0.2) is 0 Å². The van der Waals surface area contributed by atoms with Crippen molar-refractivity contribution in [3.8, 4) is 5.75 Å². The Labute approximate surface area is 155 Å². The molecule has 8 heteroatoms. The fraction of sp³-hybridized carbons (Fsp3) is 0.118. The van der Waals surface area contributed by atoms with Gasteiger partial charge in [0, 0.05) is 16.4 Å². The van der Waals surface area contributed by atoms with E-state index >= 15 is 0 Å². The van der Waals surface area contributed by atoms with Crippen LogP contribution in [0.2, 0.25) is 10.0 Å². The van der Waals surface area contributed by atoms with Gasteiger partial charge in [-0.3, -0.25) is 0 Å². The fourth-order valence-electron chi connectivity index (χ4n) is 2.16. The van der Waals surface area contributed by atoms with Crippen LogP contribution >= 0.6 is 23.2 Å². The molecule has 0 aliphatic carbocycles. The Kier molecular flexibility index (Phi) is 5.21. The van der Waals surface area contributed by atoms with Gasteiger partial charge in [0.25, 0.3) is 0 Å². The molecule has 0 unspecified atom stereocenters. The van der Waals surface area contributed by atoms with Gasteiger partial charge in [-0.2, -0.15) is 10.1 Å². The molecule has 0 fully saturated rings. The molecular weight excluding hydrogens is 361 g/mol. The Morgan fingerprint density at radius 1 is 1.04 bits per heavy atom. The molecule has 0 bridgehead atoms. The van der Waals surface area contributed by atoms with Crippen molar-refractivity contribution in [1.82, 2.24) is 15.2 Å². The minimum Gasteiger partial charge on any atom is -0.495 e. The van der Waals surface area contributed by atoms with Crippen LogP contribution in [0.3, 0.4) is 0 Å². The minimum atomic E-state index is 0.356. The summed E-state index contributed by atoms with van der Waals surface area (Å²) in [5.74, 6) is 1.49. The summed E-state index contributed by atoms with van der Waals surface area (Å²) in [5, 5.41) is 15.3. The predicted molar refractivity (Wildman–Crippen MR) is 101 cm³/mol. The number of nitrogens with zero attached hydrogens (tertiary/aromatic N) is 3. The lowest BCUT2D eigenvalue weighted by Crippen LogP contribution is -2.03. The summed E-state index contributed by atoms with van der Waals surface area (Å²) in [6.45, 7) is 1.97. The van der Waals surface area contributed by atoms with E-state index in [0.29, 0.717) is 27.6 Å². The maximum Gasteiger partial charge on any atom is 0.249 e. The first-order valence-electron chi connectivity index (χ1n) is 7.38. The Hall–Kier alpha value is -2.57. The number of halogens is 2. The largest absolute Gasteiger partial charge is 0.495 e. The van der Waals surface area contributed by atoms with E-state index in [2.05, 4.69) is 25.8 Å². The second kappa shape index (κ2) is 7.55. The molecule has 1 aromatic heterocycles. The summed E-state index contributed by atoms with van der Waals surface area (Å²) in [6.07, 6.45) is 1.52. The van der Waals surface area contributed by atoms with Crippen LogP contribution in [0.15, 0.2) is 42.6 Å². The van der Waals surface area contributed by atoms with Crippen LogP contribution in [0.4, 0.5) is 23.1 Å². The SMILES string of the molecule is COc1ccc(Nc2cnnc(Nc3cc(Cl)ccc3C)n2)cc1Cl. The Bertz CT molecular complexity index is 904. The maximum atomic E-state index is 6.13. The lowest BCUT2D eigenvalue weighted by Gasteiger charge is -2.10. The normalized spacial score (nSPS) is 10.4. The summed E-state index contributed by atoms with van der Waals surface area (Å²) in [6, 6.07) is 10.9. The number of aryl methyl sites for hydroxylation is 1. The van der Waals surface area contributed by atoms with Gasteiger partial charge in [-0.05, 0) is 42.8 Å². The second-order valence-corrected chi connectivity index (χ2v) is 6.07. The van der Waals surface area contributed by atoms with E-state index in [1.54, 1.807) is 19.2 Å².